The van der Waals surface area contributed by atoms with Crippen LogP contribution in [0.5, 0.6) is 0 Å². The van der Waals surface area contributed by atoms with Crippen LogP contribution in [0, 0.1) is 0 Å². The van der Waals surface area contributed by atoms with Crippen LogP contribution in [0.2, 0.25) is 5.02 Å². The molecule has 1 heterocycles. The van der Waals surface area contributed by atoms with Gasteiger partial charge in [0.25, 0.3) is 0 Å². The zero-order valence-corrected chi connectivity index (χ0v) is 16.0. The molecule has 0 aliphatic carbocycles. The maximum absolute atomic E-state index is 12.4. The SMILES string of the molecule is CN(Cc1ccccc1N1CCCC1)C(=O)NCCc1ccc(Cl)cc1. The highest BCUT2D eigenvalue weighted by atomic mass is 35.5. The van der Waals surface area contributed by atoms with Gasteiger partial charge in [-0.1, -0.05) is 41.9 Å². The molecule has 0 unspecified atom stereocenters. The minimum absolute atomic E-state index is 0.0461. The van der Waals surface area contributed by atoms with E-state index in [-0.39, 0.29) is 6.03 Å². The number of hydrogen-bond donors (Lipinski definition) is 1. The van der Waals surface area contributed by atoms with Gasteiger partial charge in [0.05, 0.1) is 0 Å². The summed E-state index contributed by atoms with van der Waals surface area (Å²) in [7, 11) is 1.85. The number of benzene rings is 2. The molecule has 1 fully saturated rings. The lowest BCUT2D eigenvalue weighted by molar-refractivity contribution is 0.207. The second-order valence-corrected chi connectivity index (χ2v) is 7.22. The Morgan fingerprint density at radius 2 is 1.81 bits per heavy atom. The number of carbonyl (C=O) groups is 1. The Hall–Kier alpha value is -2.20. The quantitative estimate of drug-likeness (QED) is 0.820. The number of para-hydroxylation sites is 1. The van der Waals surface area contributed by atoms with Crippen molar-refractivity contribution in [2.24, 2.45) is 0 Å². The third-order valence-corrected chi connectivity index (χ3v) is 5.05. The van der Waals surface area contributed by atoms with E-state index in [0.717, 1.165) is 30.1 Å². The van der Waals surface area contributed by atoms with Crippen molar-refractivity contribution in [2.45, 2.75) is 25.8 Å². The highest BCUT2D eigenvalue weighted by molar-refractivity contribution is 6.30. The van der Waals surface area contributed by atoms with Gasteiger partial charge in [-0.3, -0.25) is 0 Å². The molecule has 1 aliphatic rings. The highest BCUT2D eigenvalue weighted by Crippen LogP contribution is 2.25. The number of anilines is 1. The number of hydrogen-bond acceptors (Lipinski definition) is 2. The normalized spacial score (nSPS) is 13.7. The molecular formula is C21H26ClN3O. The summed E-state index contributed by atoms with van der Waals surface area (Å²) in [6.45, 7) is 3.43. The molecule has 1 N–H and O–H groups in total. The van der Waals surface area contributed by atoms with E-state index in [9.17, 15) is 4.79 Å². The first-order valence-corrected chi connectivity index (χ1v) is 9.57. The van der Waals surface area contributed by atoms with Gasteiger partial charge in [-0.2, -0.15) is 0 Å². The van der Waals surface area contributed by atoms with E-state index in [1.165, 1.54) is 24.1 Å². The van der Waals surface area contributed by atoms with Crippen molar-refractivity contribution in [1.29, 1.82) is 0 Å². The lowest BCUT2D eigenvalue weighted by Gasteiger charge is -2.24. The van der Waals surface area contributed by atoms with Crippen LogP contribution in [0.1, 0.15) is 24.0 Å². The lowest BCUT2D eigenvalue weighted by atomic mass is 10.1. The van der Waals surface area contributed by atoms with Crippen molar-refractivity contribution in [1.82, 2.24) is 10.2 Å². The predicted molar refractivity (Wildman–Crippen MR) is 108 cm³/mol. The van der Waals surface area contributed by atoms with Gasteiger partial charge < -0.3 is 15.1 Å². The number of halogens is 1. The van der Waals surface area contributed by atoms with Crippen molar-refractivity contribution in [3.05, 3.63) is 64.7 Å². The van der Waals surface area contributed by atoms with Gasteiger partial charge in [-0.25, -0.2) is 4.79 Å². The minimum Gasteiger partial charge on any atom is -0.371 e. The molecule has 0 aromatic heterocycles. The van der Waals surface area contributed by atoms with Gasteiger partial charge in [0.1, 0.15) is 0 Å². The number of rotatable bonds is 6. The Kier molecular flexibility index (Phi) is 6.40. The monoisotopic (exact) mass is 371 g/mol. The molecule has 3 rings (SSSR count). The van der Waals surface area contributed by atoms with Gasteiger partial charge in [0, 0.05) is 43.9 Å². The Morgan fingerprint density at radius 1 is 1.12 bits per heavy atom. The molecular weight excluding hydrogens is 346 g/mol. The van der Waals surface area contributed by atoms with Crippen molar-refractivity contribution in [2.75, 3.05) is 31.6 Å². The van der Waals surface area contributed by atoms with Gasteiger partial charge in [-0.05, 0) is 48.6 Å². The van der Waals surface area contributed by atoms with E-state index in [2.05, 4.69) is 28.4 Å². The molecule has 0 spiro atoms. The molecule has 4 nitrogen and oxygen atoms in total. The average molecular weight is 372 g/mol. The second kappa shape index (κ2) is 8.95. The van der Waals surface area contributed by atoms with Crippen LogP contribution >= 0.6 is 11.6 Å². The van der Waals surface area contributed by atoms with E-state index < -0.39 is 0 Å². The summed E-state index contributed by atoms with van der Waals surface area (Å²) in [6, 6.07) is 16.1. The van der Waals surface area contributed by atoms with E-state index in [1.807, 2.05) is 37.4 Å². The van der Waals surface area contributed by atoms with Crippen molar-refractivity contribution < 1.29 is 4.79 Å². The van der Waals surface area contributed by atoms with Crippen LogP contribution in [-0.4, -0.2) is 37.6 Å². The highest BCUT2D eigenvalue weighted by Gasteiger charge is 2.17. The van der Waals surface area contributed by atoms with Crippen LogP contribution in [0.3, 0.4) is 0 Å². The molecule has 5 heteroatoms. The maximum atomic E-state index is 12.4. The third kappa shape index (κ3) is 4.92. The second-order valence-electron chi connectivity index (χ2n) is 6.79. The number of nitrogens with one attached hydrogen (secondary N) is 1. The first-order chi connectivity index (χ1) is 12.6. The number of nitrogens with zero attached hydrogens (tertiary/aromatic N) is 2. The molecule has 26 heavy (non-hydrogen) atoms. The summed E-state index contributed by atoms with van der Waals surface area (Å²) in [6.07, 6.45) is 3.28. The van der Waals surface area contributed by atoms with Crippen LogP contribution in [-0.2, 0) is 13.0 Å². The molecule has 0 bridgehead atoms. The molecule has 138 valence electrons. The summed E-state index contributed by atoms with van der Waals surface area (Å²) in [4.78, 5) is 16.6. The van der Waals surface area contributed by atoms with Crippen LogP contribution < -0.4 is 10.2 Å². The standard InChI is InChI=1S/C21H26ClN3O/c1-24(21(26)23-13-12-17-8-10-19(22)11-9-17)16-18-6-2-3-7-20(18)25-14-4-5-15-25/h2-3,6-11H,4-5,12-16H2,1H3,(H,23,26). The van der Waals surface area contributed by atoms with E-state index >= 15 is 0 Å². The molecule has 0 atom stereocenters. The van der Waals surface area contributed by atoms with Crippen LogP contribution in [0.4, 0.5) is 10.5 Å². The topological polar surface area (TPSA) is 35.6 Å². The largest absolute Gasteiger partial charge is 0.371 e. The van der Waals surface area contributed by atoms with Crippen molar-refractivity contribution in [3.63, 3.8) is 0 Å². The summed E-state index contributed by atoms with van der Waals surface area (Å²) < 4.78 is 0. The zero-order valence-electron chi connectivity index (χ0n) is 15.2. The summed E-state index contributed by atoms with van der Waals surface area (Å²) in [5, 5.41) is 3.73. The Labute approximate surface area is 160 Å². The Bertz CT molecular complexity index is 726. The van der Waals surface area contributed by atoms with Gasteiger partial charge in [-0.15, -0.1) is 0 Å². The number of amides is 2. The maximum Gasteiger partial charge on any atom is 0.317 e. The Morgan fingerprint density at radius 3 is 2.54 bits per heavy atom. The fourth-order valence-electron chi connectivity index (χ4n) is 3.34. The number of urea groups is 1. The smallest absolute Gasteiger partial charge is 0.317 e. The van der Waals surface area contributed by atoms with Gasteiger partial charge >= 0.3 is 6.03 Å². The molecule has 0 radical (unpaired) electrons. The average Bonchev–Trinajstić information content (AvgIpc) is 3.18. The molecule has 2 aromatic carbocycles. The van der Waals surface area contributed by atoms with E-state index in [0.29, 0.717) is 13.1 Å². The zero-order chi connectivity index (χ0) is 18.4. The van der Waals surface area contributed by atoms with Crippen molar-refractivity contribution >= 4 is 23.3 Å². The van der Waals surface area contributed by atoms with Gasteiger partial charge in [0.2, 0.25) is 0 Å². The lowest BCUT2D eigenvalue weighted by Crippen LogP contribution is -2.38. The predicted octanol–water partition coefficient (Wildman–Crippen LogP) is 4.32. The fourth-order valence-corrected chi connectivity index (χ4v) is 3.46. The first-order valence-electron chi connectivity index (χ1n) is 9.20. The number of carbonyl (C=O) groups excluding carboxylic acids is 1. The molecule has 1 saturated heterocycles. The van der Waals surface area contributed by atoms with Gasteiger partial charge in [0.15, 0.2) is 0 Å². The summed E-state index contributed by atoms with van der Waals surface area (Å²) in [5.41, 5.74) is 3.62. The summed E-state index contributed by atoms with van der Waals surface area (Å²) >= 11 is 5.89. The Balaban J connectivity index is 1.52. The molecule has 1 aliphatic heterocycles. The van der Waals surface area contributed by atoms with Crippen LogP contribution in [0.15, 0.2) is 48.5 Å². The first kappa shape index (κ1) is 18.6. The summed E-state index contributed by atoms with van der Waals surface area (Å²) in [5.74, 6) is 0. The molecule has 2 aromatic rings. The minimum atomic E-state index is -0.0461. The van der Waals surface area contributed by atoms with E-state index in [4.69, 9.17) is 11.6 Å². The molecule has 2 amide bonds. The van der Waals surface area contributed by atoms with Crippen molar-refractivity contribution in [3.8, 4) is 0 Å². The fraction of sp³-hybridized carbons (Fsp3) is 0.381. The molecule has 0 saturated carbocycles. The third-order valence-electron chi connectivity index (χ3n) is 4.80. The van der Waals surface area contributed by atoms with Crippen LogP contribution in [0.25, 0.3) is 0 Å². The van der Waals surface area contributed by atoms with E-state index in [1.54, 1.807) is 4.90 Å².